The Labute approximate surface area is 140 Å². The first-order chi connectivity index (χ1) is 10.8. The van der Waals surface area contributed by atoms with E-state index in [4.69, 9.17) is 11.6 Å². The topological polar surface area (TPSA) is 46.4 Å². The normalized spacial score (nSPS) is 11.7. The lowest BCUT2D eigenvalue weighted by atomic mass is 10.1. The van der Waals surface area contributed by atoms with Crippen LogP contribution in [0.2, 0.25) is 5.02 Å². The Bertz CT molecular complexity index is 860. The van der Waals surface area contributed by atoms with Crippen LogP contribution in [0.25, 0.3) is 16.9 Å². The smallest absolute Gasteiger partial charge is 0.255 e. The van der Waals surface area contributed by atoms with Gasteiger partial charge in [0.1, 0.15) is 5.65 Å². The van der Waals surface area contributed by atoms with Gasteiger partial charge in [-0.1, -0.05) is 23.7 Å². The van der Waals surface area contributed by atoms with Crippen LogP contribution >= 0.6 is 11.6 Å². The predicted molar refractivity (Wildman–Crippen MR) is 92.9 cm³/mol. The van der Waals surface area contributed by atoms with E-state index < -0.39 is 0 Å². The van der Waals surface area contributed by atoms with Crippen molar-refractivity contribution in [2.24, 2.45) is 0 Å². The number of hydrogen-bond donors (Lipinski definition) is 1. The number of carbonyl (C=O) groups excluding carboxylic acids is 1. The first kappa shape index (κ1) is 15.6. The number of carbonyl (C=O) groups is 1. The number of fused-ring (bicyclic) bond motifs is 1. The molecular formula is C18H18ClN3O. The summed E-state index contributed by atoms with van der Waals surface area (Å²) < 4.78 is 1.86. The van der Waals surface area contributed by atoms with E-state index in [2.05, 4.69) is 10.3 Å². The van der Waals surface area contributed by atoms with Gasteiger partial charge in [-0.25, -0.2) is 4.98 Å². The van der Waals surface area contributed by atoms with Crippen molar-refractivity contribution in [3.63, 3.8) is 0 Å². The van der Waals surface area contributed by atoms with E-state index >= 15 is 0 Å². The standard InChI is InChI=1S/C18H18ClN3O/c1-18(2,3)21-17(23)14-5-4-10-22-11-15(20-16(14)22)12-6-8-13(19)9-7-12/h4-11H,1-3H3,(H,21,23). The molecule has 0 aliphatic rings. The Balaban J connectivity index is 2.05. The second-order valence-corrected chi connectivity index (χ2v) is 6.93. The Morgan fingerprint density at radius 1 is 1.17 bits per heavy atom. The van der Waals surface area contributed by atoms with Gasteiger partial charge in [0.25, 0.3) is 5.91 Å². The quantitative estimate of drug-likeness (QED) is 0.767. The van der Waals surface area contributed by atoms with Gasteiger partial charge in [0.15, 0.2) is 0 Å². The summed E-state index contributed by atoms with van der Waals surface area (Å²) >= 11 is 5.93. The van der Waals surface area contributed by atoms with Crippen molar-refractivity contribution >= 4 is 23.2 Å². The van der Waals surface area contributed by atoms with Crippen molar-refractivity contribution in [2.75, 3.05) is 0 Å². The molecule has 1 N–H and O–H groups in total. The summed E-state index contributed by atoms with van der Waals surface area (Å²) in [5.41, 5.74) is 2.66. The largest absolute Gasteiger partial charge is 0.347 e. The maximum Gasteiger partial charge on any atom is 0.255 e. The van der Waals surface area contributed by atoms with Gasteiger partial charge >= 0.3 is 0 Å². The molecule has 0 saturated heterocycles. The van der Waals surface area contributed by atoms with Crippen molar-refractivity contribution < 1.29 is 4.79 Å². The van der Waals surface area contributed by atoms with Crippen LogP contribution in [0.3, 0.4) is 0 Å². The summed E-state index contributed by atoms with van der Waals surface area (Å²) in [7, 11) is 0. The van der Waals surface area contributed by atoms with E-state index in [0.717, 1.165) is 11.3 Å². The number of halogens is 1. The molecular weight excluding hydrogens is 310 g/mol. The van der Waals surface area contributed by atoms with Gasteiger partial charge < -0.3 is 9.72 Å². The number of nitrogens with zero attached hydrogens (tertiary/aromatic N) is 2. The Hall–Kier alpha value is -2.33. The Morgan fingerprint density at radius 3 is 2.52 bits per heavy atom. The van der Waals surface area contributed by atoms with Gasteiger partial charge in [-0.2, -0.15) is 0 Å². The van der Waals surface area contributed by atoms with Crippen LogP contribution in [0.15, 0.2) is 48.8 Å². The number of imidazole rings is 1. The van der Waals surface area contributed by atoms with Gasteiger partial charge in [0, 0.05) is 28.5 Å². The van der Waals surface area contributed by atoms with Crippen molar-refractivity contribution in [3.05, 3.63) is 59.4 Å². The van der Waals surface area contributed by atoms with Crippen LogP contribution in [0.1, 0.15) is 31.1 Å². The molecule has 0 unspecified atom stereocenters. The number of aromatic nitrogens is 2. The zero-order valence-corrected chi connectivity index (χ0v) is 14.1. The third-order valence-electron chi connectivity index (χ3n) is 3.36. The van der Waals surface area contributed by atoms with Gasteiger partial charge in [-0.3, -0.25) is 4.79 Å². The van der Waals surface area contributed by atoms with Gasteiger partial charge in [0.05, 0.1) is 11.3 Å². The van der Waals surface area contributed by atoms with Crippen LogP contribution < -0.4 is 5.32 Å². The first-order valence-corrected chi connectivity index (χ1v) is 7.77. The average Bonchev–Trinajstić information content (AvgIpc) is 2.89. The summed E-state index contributed by atoms with van der Waals surface area (Å²) in [6.45, 7) is 5.86. The summed E-state index contributed by atoms with van der Waals surface area (Å²) in [4.78, 5) is 17.1. The highest BCUT2D eigenvalue weighted by Gasteiger charge is 2.18. The van der Waals surface area contributed by atoms with E-state index in [1.165, 1.54) is 0 Å². The summed E-state index contributed by atoms with van der Waals surface area (Å²) in [6.07, 6.45) is 3.79. The SMILES string of the molecule is CC(C)(C)NC(=O)c1cccn2cc(-c3ccc(Cl)cc3)nc12. The number of rotatable bonds is 2. The van der Waals surface area contributed by atoms with Crippen molar-refractivity contribution in [2.45, 2.75) is 26.3 Å². The fraction of sp³-hybridized carbons (Fsp3) is 0.222. The van der Waals surface area contributed by atoms with Gasteiger partial charge in [0.2, 0.25) is 0 Å². The van der Waals surface area contributed by atoms with Crippen LogP contribution in [0.4, 0.5) is 0 Å². The minimum absolute atomic E-state index is 0.128. The zero-order chi connectivity index (χ0) is 16.6. The highest BCUT2D eigenvalue weighted by atomic mass is 35.5. The van der Waals surface area contributed by atoms with Crippen LogP contribution in [-0.2, 0) is 0 Å². The fourth-order valence-corrected chi connectivity index (χ4v) is 2.48. The minimum atomic E-state index is -0.296. The molecule has 0 fully saturated rings. The molecule has 23 heavy (non-hydrogen) atoms. The zero-order valence-electron chi connectivity index (χ0n) is 13.3. The van der Waals surface area contributed by atoms with Gasteiger partial charge in [-0.15, -0.1) is 0 Å². The predicted octanol–water partition coefficient (Wildman–Crippen LogP) is 4.18. The first-order valence-electron chi connectivity index (χ1n) is 7.40. The van der Waals surface area contributed by atoms with Crippen LogP contribution in [-0.4, -0.2) is 20.8 Å². The molecule has 0 atom stereocenters. The minimum Gasteiger partial charge on any atom is -0.347 e. The number of benzene rings is 1. The number of pyridine rings is 1. The summed E-state index contributed by atoms with van der Waals surface area (Å²) in [5, 5.41) is 3.66. The molecule has 118 valence electrons. The average molecular weight is 328 g/mol. The molecule has 2 aromatic heterocycles. The molecule has 4 nitrogen and oxygen atoms in total. The Kier molecular flexibility index (Phi) is 3.86. The highest BCUT2D eigenvalue weighted by molar-refractivity contribution is 6.30. The number of nitrogens with one attached hydrogen (secondary N) is 1. The molecule has 5 heteroatoms. The van der Waals surface area contributed by atoms with E-state index in [9.17, 15) is 4.79 Å². The van der Waals surface area contributed by atoms with Crippen LogP contribution in [0.5, 0.6) is 0 Å². The summed E-state index contributed by atoms with van der Waals surface area (Å²) in [6, 6.07) is 11.1. The van der Waals surface area contributed by atoms with E-state index in [0.29, 0.717) is 16.2 Å². The fourth-order valence-electron chi connectivity index (χ4n) is 2.36. The van der Waals surface area contributed by atoms with E-state index in [1.54, 1.807) is 6.07 Å². The molecule has 0 aliphatic carbocycles. The number of amides is 1. The van der Waals surface area contributed by atoms with Gasteiger partial charge in [-0.05, 0) is 45.0 Å². The third kappa shape index (κ3) is 3.37. The Morgan fingerprint density at radius 2 is 1.87 bits per heavy atom. The summed E-state index contributed by atoms with van der Waals surface area (Å²) in [5.74, 6) is -0.128. The molecule has 1 aromatic carbocycles. The molecule has 0 spiro atoms. The second-order valence-electron chi connectivity index (χ2n) is 6.49. The molecule has 2 heterocycles. The maximum atomic E-state index is 12.5. The highest BCUT2D eigenvalue weighted by Crippen LogP contribution is 2.22. The molecule has 0 bridgehead atoms. The molecule has 0 saturated carbocycles. The van der Waals surface area contributed by atoms with E-state index in [1.807, 2.05) is 67.9 Å². The molecule has 0 radical (unpaired) electrons. The number of hydrogen-bond acceptors (Lipinski definition) is 2. The maximum absolute atomic E-state index is 12.5. The van der Waals surface area contributed by atoms with Crippen LogP contribution in [0, 0.1) is 0 Å². The molecule has 0 aliphatic heterocycles. The van der Waals surface area contributed by atoms with Crippen molar-refractivity contribution in [3.8, 4) is 11.3 Å². The van der Waals surface area contributed by atoms with E-state index in [-0.39, 0.29) is 11.4 Å². The third-order valence-corrected chi connectivity index (χ3v) is 3.61. The molecule has 1 amide bonds. The van der Waals surface area contributed by atoms with Crippen molar-refractivity contribution in [1.82, 2.24) is 14.7 Å². The monoisotopic (exact) mass is 327 g/mol. The van der Waals surface area contributed by atoms with Crippen molar-refractivity contribution in [1.29, 1.82) is 0 Å². The lowest BCUT2D eigenvalue weighted by Gasteiger charge is -2.20. The molecule has 3 rings (SSSR count). The molecule has 3 aromatic rings. The second kappa shape index (κ2) is 5.70. The lowest BCUT2D eigenvalue weighted by molar-refractivity contribution is 0.0920. The lowest BCUT2D eigenvalue weighted by Crippen LogP contribution is -2.40.